The first-order valence-corrected chi connectivity index (χ1v) is 10.2. The molecule has 10 heteroatoms. The predicted molar refractivity (Wildman–Crippen MR) is 116 cm³/mol. The second-order valence-electron chi connectivity index (χ2n) is 7.61. The SMILES string of the molecule is O=C(Cn1cnc2cc([N+](=O)[O-])ccc2c1=O)NCc1ccc(C(=O)N2CCCC2)cc1. The van der Waals surface area contributed by atoms with E-state index in [-0.39, 0.29) is 41.5 Å². The number of benzene rings is 2. The molecule has 0 radical (unpaired) electrons. The van der Waals surface area contributed by atoms with Crippen LogP contribution in [0.5, 0.6) is 0 Å². The van der Waals surface area contributed by atoms with Crippen LogP contribution in [0.1, 0.15) is 28.8 Å². The lowest BCUT2D eigenvalue weighted by Crippen LogP contribution is -2.32. The molecular weight excluding hydrogens is 414 g/mol. The van der Waals surface area contributed by atoms with E-state index in [2.05, 4.69) is 10.3 Å². The normalized spacial score (nSPS) is 13.3. The van der Waals surface area contributed by atoms with Crippen molar-refractivity contribution >= 4 is 28.4 Å². The molecule has 4 rings (SSSR count). The Kier molecular flexibility index (Phi) is 5.93. The topological polar surface area (TPSA) is 127 Å². The second kappa shape index (κ2) is 8.96. The van der Waals surface area contributed by atoms with Crippen LogP contribution in [0.2, 0.25) is 0 Å². The maximum Gasteiger partial charge on any atom is 0.271 e. The molecule has 1 aliphatic rings. The summed E-state index contributed by atoms with van der Waals surface area (Å²) >= 11 is 0. The summed E-state index contributed by atoms with van der Waals surface area (Å²) in [5.74, 6) is -0.362. The van der Waals surface area contributed by atoms with Gasteiger partial charge < -0.3 is 10.2 Å². The number of nitrogens with one attached hydrogen (secondary N) is 1. The fourth-order valence-electron chi connectivity index (χ4n) is 3.65. The van der Waals surface area contributed by atoms with Crippen molar-refractivity contribution in [2.24, 2.45) is 0 Å². The maximum absolute atomic E-state index is 12.6. The molecule has 1 fully saturated rings. The lowest BCUT2D eigenvalue weighted by atomic mass is 10.1. The fourth-order valence-corrected chi connectivity index (χ4v) is 3.65. The second-order valence-corrected chi connectivity index (χ2v) is 7.61. The molecule has 0 spiro atoms. The smallest absolute Gasteiger partial charge is 0.271 e. The summed E-state index contributed by atoms with van der Waals surface area (Å²) in [6, 6.07) is 10.9. The number of fused-ring (bicyclic) bond motifs is 1. The van der Waals surface area contributed by atoms with Crippen LogP contribution in [0, 0.1) is 10.1 Å². The standard InChI is InChI=1S/C22H21N5O5/c28-20(13-26-14-24-19-11-17(27(31)32)7-8-18(19)22(26)30)23-12-15-3-5-16(6-4-15)21(29)25-9-1-2-10-25/h3-8,11,14H,1-2,9-10,12-13H2,(H,23,28). The van der Waals surface area contributed by atoms with E-state index >= 15 is 0 Å². The van der Waals surface area contributed by atoms with Crippen LogP contribution < -0.4 is 10.9 Å². The number of carbonyl (C=O) groups is 2. The summed E-state index contributed by atoms with van der Waals surface area (Å²) in [6.07, 6.45) is 3.27. The molecule has 1 aliphatic heterocycles. The summed E-state index contributed by atoms with van der Waals surface area (Å²) in [6.45, 7) is 1.59. The fraction of sp³-hybridized carbons (Fsp3) is 0.273. The van der Waals surface area contributed by atoms with Crippen molar-refractivity contribution < 1.29 is 14.5 Å². The van der Waals surface area contributed by atoms with Crippen molar-refractivity contribution in [2.75, 3.05) is 13.1 Å². The number of aromatic nitrogens is 2. The minimum Gasteiger partial charge on any atom is -0.350 e. The third kappa shape index (κ3) is 4.48. The number of carbonyl (C=O) groups excluding carboxylic acids is 2. The van der Waals surface area contributed by atoms with Gasteiger partial charge in [-0.15, -0.1) is 0 Å². The monoisotopic (exact) mass is 435 g/mol. The largest absolute Gasteiger partial charge is 0.350 e. The van der Waals surface area contributed by atoms with E-state index in [9.17, 15) is 24.5 Å². The van der Waals surface area contributed by atoms with E-state index in [1.807, 2.05) is 4.90 Å². The number of hydrogen-bond acceptors (Lipinski definition) is 6. The highest BCUT2D eigenvalue weighted by Gasteiger charge is 2.19. The average molecular weight is 435 g/mol. The molecule has 2 aromatic carbocycles. The lowest BCUT2D eigenvalue weighted by Gasteiger charge is -2.15. The number of nitro groups is 1. The van der Waals surface area contributed by atoms with Gasteiger partial charge in [0.05, 0.1) is 22.2 Å². The quantitative estimate of drug-likeness (QED) is 0.465. The van der Waals surface area contributed by atoms with Gasteiger partial charge in [-0.1, -0.05) is 12.1 Å². The Hall–Kier alpha value is -4.08. The zero-order valence-corrected chi connectivity index (χ0v) is 17.2. The van der Waals surface area contributed by atoms with Gasteiger partial charge in [0.25, 0.3) is 17.2 Å². The molecule has 32 heavy (non-hydrogen) atoms. The average Bonchev–Trinajstić information content (AvgIpc) is 3.34. The number of amides is 2. The Balaban J connectivity index is 1.37. The maximum atomic E-state index is 12.6. The zero-order valence-electron chi connectivity index (χ0n) is 17.2. The minimum absolute atomic E-state index is 0.0200. The molecule has 0 unspecified atom stereocenters. The molecule has 0 saturated carbocycles. The van der Waals surface area contributed by atoms with Crippen LogP contribution in [0.25, 0.3) is 10.9 Å². The van der Waals surface area contributed by atoms with E-state index in [1.54, 1.807) is 24.3 Å². The number of nitrogens with zero attached hydrogens (tertiary/aromatic N) is 4. The lowest BCUT2D eigenvalue weighted by molar-refractivity contribution is -0.384. The molecule has 2 heterocycles. The van der Waals surface area contributed by atoms with Gasteiger partial charge in [0.1, 0.15) is 6.54 Å². The molecule has 3 aromatic rings. The van der Waals surface area contributed by atoms with Gasteiger partial charge >= 0.3 is 0 Å². The highest BCUT2D eigenvalue weighted by atomic mass is 16.6. The first-order chi connectivity index (χ1) is 15.4. The number of non-ortho nitro benzene ring substituents is 1. The van der Waals surface area contributed by atoms with Crippen LogP contribution >= 0.6 is 0 Å². The van der Waals surface area contributed by atoms with E-state index in [4.69, 9.17) is 0 Å². The van der Waals surface area contributed by atoms with E-state index in [1.165, 1.54) is 24.5 Å². The first kappa shape index (κ1) is 21.2. The third-order valence-electron chi connectivity index (χ3n) is 5.42. The first-order valence-electron chi connectivity index (χ1n) is 10.2. The van der Waals surface area contributed by atoms with Gasteiger partial charge in [-0.05, 0) is 36.6 Å². The van der Waals surface area contributed by atoms with E-state index < -0.39 is 10.5 Å². The number of nitro benzene ring substituents is 1. The van der Waals surface area contributed by atoms with Crippen molar-refractivity contribution in [3.05, 3.63) is 80.4 Å². The van der Waals surface area contributed by atoms with Crippen LogP contribution in [-0.4, -0.2) is 44.3 Å². The molecule has 10 nitrogen and oxygen atoms in total. The van der Waals surface area contributed by atoms with Crippen molar-refractivity contribution in [3.8, 4) is 0 Å². The van der Waals surface area contributed by atoms with Gasteiger partial charge in [-0.2, -0.15) is 0 Å². The Labute approximate surface area is 182 Å². The molecule has 1 N–H and O–H groups in total. The summed E-state index contributed by atoms with van der Waals surface area (Å²) in [7, 11) is 0. The van der Waals surface area contributed by atoms with Gasteiger partial charge in [-0.3, -0.25) is 29.1 Å². The molecule has 0 aliphatic carbocycles. The molecule has 0 atom stereocenters. The van der Waals surface area contributed by atoms with Crippen molar-refractivity contribution in [1.82, 2.24) is 19.8 Å². The molecule has 2 amide bonds. The molecule has 1 saturated heterocycles. The number of rotatable bonds is 6. The number of likely N-dealkylation sites (tertiary alicyclic amines) is 1. The Morgan fingerprint density at radius 2 is 1.81 bits per heavy atom. The van der Waals surface area contributed by atoms with Gasteiger partial charge in [0.15, 0.2) is 0 Å². The van der Waals surface area contributed by atoms with Crippen molar-refractivity contribution in [2.45, 2.75) is 25.9 Å². The van der Waals surface area contributed by atoms with Crippen LogP contribution in [0.4, 0.5) is 5.69 Å². The highest BCUT2D eigenvalue weighted by Crippen LogP contribution is 2.16. The third-order valence-corrected chi connectivity index (χ3v) is 5.42. The van der Waals surface area contributed by atoms with E-state index in [0.717, 1.165) is 36.1 Å². The van der Waals surface area contributed by atoms with Crippen LogP contribution in [0.3, 0.4) is 0 Å². The van der Waals surface area contributed by atoms with Crippen molar-refractivity contribution in [3.63, 3.8) is 0 Å². The van der Waals surface area contributed by atoms with Gasteiger partial charge in [0.2, 0.25) is 5.91 Å². The zero-order chi connectivity index (χ0) is 22.7. The molecular formula is C22H21N5O5. The summed E-state index contributed by atoms with van der Waals surface area (Å²) < 4.78 is 1.15. The van der Waals surface area contributed by atoms with E-state index in [0.29, 0.717) is 5.56 Å². The Morgan fingerprint density at radius 3 is 2.50 bits per heavy atom. The van der Waals surface area contributed by atoms with Gasteiger partial charge in [-0.25, -0.2) is 4.98 Å². The Morgan fingerprint density at radius 1 is 1.09 bits per heavy atom. The minimum atomic E-state index is -0.561. The summed E-state index contributed by atoms with van der Waals surface area (Å²) in [5, 5.41) is 13.8. The summed E-state index contributed by atoms with van der Waals surface area (Å²) in [5.41, 5.74) is 1.03. The van der Waals surface area contributed by atoms with Gasteiger partial charge in [0, 0.05) is 37.3 Å². The molecule has 1 aromatic heterocycles. The molecule has 164 valence electrons. The van der Waals surface area contributed by atoms with Crippen LogP contribution in [0.15, 0.2) is 53.6 Å². The highest BCUT2D eigenvalue weighted by molar-refractivity contribution is 5.94. The number of hydrogen-bond donors (Lipinski definition) is 1. The van der Waals surface area contributed by atoms with Crippen molar-refractivity contribution in [1.29, 1.82) is 0 Å². The van der Waals surface area contributed by atoms with Crippen LogP contribution in [-0.2, 0) is 17.9 Å². The predicted octanol–water partition coefficient (Wildman–Crippen LogP) is 1.86. The molecule has 0 bridgehead atoms. The Bertz CT molecular complexity index is 1250. The summed E-state index contributed by atoms with van der Waals surface area (Å²) in [4.78, 5) is 53.5.